The molecule has 126 valence electrons. The molecule has 4 fully saturated rings. The van der Waals surface area contributed by atoms with E-state index < -0.39 is 0 Å². The Morgan fingerprint density at radius 2 is 1.83 bits per heavy atom. The van der Waals surface area contributed by atoms with Gasteiger partial charge in [-0.3, -0.25) is 4.79 Å². The summed E-state index contributed by atoms with van der Waals surface area (Å²) >= 11 is 0. The molecule has 2 saturated carbocycles. The van der Waals surface area contributed by atoms with E-state index in [0.717, 1.165) is 28.3 Å². The van der Waals surface area contributed by atoms with Crippen LogP contribution >= 0.6 is 0 Å². The molecule has 3 heterocycles. The van der Waals surface area contributed by atoms with Crippen molar-refractivity contribution in [3.8, 4) is 0 Å². The number of halogens is 1. The van der Waals surface area contributed by atoms with Crippen LogP contribution in [0.5, 0.6) is 0 Å². The van der Waals surface area contributed by atoms with Gasteiger partial charge < -0.3 is 9.88 Å². The lowest BCUT2D eigenvalue weighted by Gasteiger charge is -2.56. The lowest BCUT2D eigenvalue weighted by Crippen LogP contribution is -2.59. The molecule has 2 aliphatic heterocycles. The van der Waals surface area contributed by atoms with Crippen LogP contribution in [-0.2, 0) is 11.2 Å². The summed E-state index contributed by atoms with van der Waals surface area (Å²) in [6.07, 6.45) is 9.42. The molecule has 2 saturated heterocycles. The van der Waals surface area contributed by atoms with E-state index in [1.807, 2.05) is 6.20 Å². The van der Waals surface area contributed by atoms with Gasteiger partial charge in [-0.05, 0) is 74.1 Å². The number of aryl methyl sites for hydroxylation is 1. The number of H-pyrrole nitrogens is 1. The normalized spacial score (nSPS) is 31.1. The highest BCUT2D eigenvalue weighted by Crippen LogP contribution is 2.49. The highest BCUT2D eigenvalue weighted by Gasteiger charge is 2.48. The Bertz CT molecular complexity index is 768. The Labute approximate surface area is 141 Å². The Kier molecular flexibility index (Phi) is 3.22. The Morgan fingerprint density at radius 1 is 1.12 bits per heavy atom. The van der Waals surface area contributed by atoms with Crippen molar-refractivity contribution in [2.24, 2.45) is 11.8 Å². The maximum atomic E-state index is 13.5. The van der Waals surface area contributed by atoms with Gasteiger partial charge in [-0.1, -0.05) is 0 Å². The SMILES string of the molecule is O=C(CCc1c[nH]c2ccc(F)cc12)N1C2CC3CC(C2)CC1C3. The number of nitrogens with one attached hydrogen (secondary N) is 1. The number of piperidine rings is 2. The maximum absolute atomic E-state index is 13.5. The molecule has 0 radical (unpaired) electrons. The number of carbonyl (C=O) groups excluding carboxylic acids is 1. The van der Waals surface area contributed by atoms with Crippen molar-refractivity contribution in [3.63, 3.8) is 0 Å². The summed E-state index contributed by atoms with van der Waals surface area (Å²) in [4.78, 5) is 18.3. The quantitative estimate of drug-likeness (QED) is 0.908. The van der Waals surface area contributed by atoms with Gasteiger partial charge in [-0.2, -0.15) is 0 Å². The number of nitrogens with zero attached hydrogens (tertiary/aromatic N) is 1. The van der Waals surface area contributed by atoms with Crippen molar-refractivity contribution in [2.45, 2.75) is 57.0 Å². The standard InChI is InChI=1S/C20H23FN2O/c21-15-2-3-19-18(10-15)14(11-22-19)1-4-20(24)23-16-6-12-5-13(8-16)9-17(23)7-12/h2-3,10-13,16-17,22H,1,4-9H2. The number of hydrogen-bond acceptors (Lipinski definition) is 1. The minimum atomic E-state index is -0.223. The highest BCUT2D eigenvalue weighted by atomic mass is 19.1. The van der Waals surface area contributed by atoms with E-state index >= 15 is 0 Å². The molecule has 1 aromatic heterocycles. The average molecular weight is 326 g/mol. The fourth-order valence-electron chi connectivity index (χ4n) is 5.67. The van der Waals surface area contributed by atoms with Crippen molar-refractivity contribution in [1.29, 1.82) is 0 Å². The van der Waals surface area contributed by atoms with Gasteiger partial charge in [0.15, 0.2) is 0 Å². The first-order chi connectivity index (χ1) is 11.7. The number of carbonyl (C=O) groups is 1. The van der Waals surface area contributed by atoms with Gasteiger partial charge in [-0.25, -0.2) is 4.39 Å². The van der Waals surface area contributed by atoms with Crippen LogP contribution in [-0.4, -0.2) is 27.9 Å². The number of benzene rings is 1. The predicted octanol–water partition coefficient (Wildman–Crippen LogP) is 4.03. The molecule has 1 N–H and O–H groups in total. The fraction of sp³-hybridized carbons (Fsp3) is 0.550. The first-order valence-corrected chi connectivity index (χ1v) is 9.24. The summed E-state index contributed by atoms with van der Waals surface area (Å²) in [5.74, 6) is 1.82. The van der Waals surface area contributed by atoms with Crippen LogP contribution in [0, 0.1) is 17.7 Å². The van der Waals surface area contributed by atoms with Gasteiger partial charge in [-0.15, -0.1) is 0 Å². The van der Waals surface area contributed by atoms with E-state index in [1.165, 1.54) is 38.2 Å². The van der Waals surface area contributed by atoms with E-state index in [-0.39, 0.29) is 5.82 Å². The second-order valence-electron chi connectivity index (χ2n) is 8.02. The zero-order chi connectivity index (χ0) is 16.3. The molecule has 0 spiro atoms. The zero-order valence-corrected chi connectivity index (χ0v) is 13.8. The minimum absolute atomic E-state index is 0.223. The summed E-state index contributed by atoms with van der Waals surface area (Å²) in [6.45, 7) is 0. The van der Waals surface area contributed by atoms with Crippen LogP contribution in [0.2, 0.25) is 0 Å². The van der Waals surface area contributed by atoms with Crippen molar-refractivity contribution in [1.82, 2.24) is 9.88 Å². The van der Waals surface area contributed by atoms with Crippen molar-refractivity contribution in [3.05, 3.63) is 35.8 Å². The highest BCUT2D eigenvalue weighted by molar-refractivity contribution is 5.84. The summed E-state index contributed by atoms with van der Waals surface area (Å²) in [7, 11) is 0. The third kappa shape index (κ3) is 2.27. The van der Waals surface area contributed by atoms with Crippen LogP contribution in [0.15, 0.2) is 24.4 Å². The van der Waals surface area contributed by atoms with Crippen LogP contribution in [0.25, 0.3) is 10.9 Å². The van der Waals surface area contributed by atoms with Crippen molar-refractivity contribution in [2.75, 3.05) is 0 Å². The molecule has 0 atom stereocenters. The summed E-state index contributed by atoms with van der Waals surface area (Å²) in [5.41, 5.74) is 1.98. The van der Waals surface area contributed by atoms with Gasteiger partial charge in [0, 0.05) is 35.6 Å². The third-order valence-electron chi connectivity index (χ3n) is 6.50. The first kappa shape index (κ1) is 14.5. The van der Waals surface area contributed by atoms with E-state index in [2.05, 4.69) is 9.88 Å². The molecule has 2 aliphatic carbocycles. The van der Waals surface area contributed by atoms with Crippen LogP contribution in [0.4, 0.5) is 4.39 Å². The zero-order valence-electron chi connectivity index (χ0n) is 13.8. The number of amides is 1. The molecule has 6 rings (SSSR count). The van der Waals surface area contributed by atoms with Crippen molar-refractivity contribution < 1.29 is 9.18 Å². The van der Waals surface area contributed by atoms with Gasteiger partial charge in [0.25, 0.3) is 0 Å². The molecular formula is C20H23FN2O. The van der Waals surface area contributed by atoms with E-state index in [1.54, 1.807) is 12.1 Å². The van der Waals surface area contributed by atoms with Crippen LogP contribution < -0.4 is 0 Å². The topological polar surface area (TPSA) is 36.1 Å². The lowest BCUT2D eigenvalue weighted by molar-refractivity contribution is -0.149. The summed E-state index contributed by atoms with van der Waals surface area (Å²) in [6, 6.07) is 5.78. The van der Waals surface area contributed by atoms with Gasteiger partial charge in [0.05, 0.1) is 0 Å². The molecule has 1 aromatic carbocycles. The largest absolute Gasteiger partial charge is 0.361 e. The van der Waals surface area contributed by atoms with Crippen LogP contribution in [0.1, 0.15) is 44.1 Å². The predicted molar refractivity (Wildman–Crippen MR) is 91.1 cm³/mol. The second-order valence-corrected chi connectivity index (χ2v) is 8.02. The fourth-order valence-corrected chi connectivity index (χ4v) is 5.67. The smallest absolute Gasteiger partial charge is 0.223 e. The number of aromatic amines is 1. The molecule has 4 aliphatic rings. The average Bonchev–Trinajstić information content (AvgIpc) is 2.94. The number of fused-ring (bicyclic) bond motifs is 1. The Hall–Kier alpha value is -1.84. The maximum Gasteiger partial charge on any atom is 0.223 e. The summed E-state index contributed by atoms with van der Waals surface area (Å²) < 4.78 is 13.5. The lowest BCUT2D eigenvalue weighted by atomic mass is 9.63. The van der Waals surface area contributed by atoms with Gasteiger partial charge in [0.1, 0.15) is 5.82 Å². The number of aromatic nitrogens is 1. The minimum Gasteiger partial charge on any atom is -0.361 e. The van der Waals surface area contributed by atoms with Crippen molar-refractivity contribution >= 4 is 16.8 Å². The molecule has 1 amide bonds. The third-order valence-corrected chi connectivity index (χ3v) is 6.50. The molecule has 4 heteroatoms. The summed E-state index contributed by atoms with van der Waals surface area (Å²) in [5, 5.41) is 0.905. The number of hydrogen-bond donors (Lipinski definition) is 1. The second kappa shape index (κ2) is 5.33. The van der Waals surface area contributed by atoms with E-state index in [4.69, 9.17) is 0 Å². The molecule has 0 unspecified atom stereocenters. The molecular weight excluding hydrogens is 303 g/mol. The van der Waals surface area contributed by atoms with Gasteiger partial charge in [0.2, 0.25) is 5.91 Å². The Morgan fingerprint density at radius 3 is 2.54 bits per heavy atom. The molecule has 24 heavy (non-hydrogen) atoms. The number of rotatable bonds is 3. The van der Waals surface area contributed by atoms with Gasteiger partial charge >= 0.3 is 0 Å². The Balaban J connectivity index is 1.31. The molecule has 2 aromatic rings. The first-order valence-electron chi connectivity index (χ1n) is 9.24. The van der Waals surface area contributed by atoms with E-state index in [0.29, 0.717) is 30.8 Å². The molecule has 4 bridgehead atoms. The van der Waals surface area contributed by atoms with Crippen LogP contribution in [0.3, 0.4) is 0 Å². The monoisotopic (exact) mass is 326 g/mol. The molecule has 3 nitrogen and oxygen atoms in total. The van der Waals surface area contributed by atoms with E-state index in [9.17, 15) is 9.18 Å².